The summed E-state index contributed by atoms with van der Waals surface area (Å²) < 4.78 is 22.6. The molecule has 0 radical (unpaired) electrons. The summed E-state index contributed by atoms with van der Waals surface area (Å²) in [6, 6.07) is -10.3. The Balaban J connectivity index is 2.03. The highest BCUT2D eigenvalue weighted by atomic mass is 16.7. The molecule has 574 valence electrons. The largest absolute Gasteiger partial charge is 0.508 e. The highest BCUT2D eigenvalue weighted by molar-refractivity contribution is 5.99. The predicted molar refractivity (Wildman–Crippen MR) is 349 cm³/mol. The third-order valence-corrected chi connectivity index (χ3v) is 16.5. The molecule has 2 fully saturated rings. The van der Waals surface area contributed by atoms with Crippen molar-refractivity contribution in [3.05, 3.63) is 29.8 Å². The number of carbonyl (C=O) groups is 13. The van der Waals surface area contributed by atoms with E-state index in [0.29, 0.717) is 5.56 Å². The molecule has 0 spiro atoms. The number of aliphatic imine (C=N–C) groups is 1. The SMILES string of the molecule is CC[C@H](C)[C@H](NC(=O)CNC(=O)[C@H](Cc1ccc(O)cc1)NC(=O)[C@@H](N)CC(=O)O)C(=O)N[C@@H](CO[C@@H]1O[C@H](CO)[C@H](O[C@H]2O[C@H](C)[C@H](O)[C@H](O)[C@H]2O)[C@H](O)[C@H]1O)C(=O)N[C@@H](CCC(N)=O)C(=O)N[C@H](C(=O)N[C@@H](CC(N)=O)C(=O)N[C@@H](CO)C(=O)N[C@@H](CCCN=C(N)N)C(N)=O)[C@@H](C)CC. The van der Waals surface area contributed by atoms with Gasteiger partial charge in [-0.05, 0) is 55.7 Å². The van der Waals surface area contributed by atoms with Crippen molar-refractivity contribution in [2.45, 2.75) is 208 Å². The van der Waals surface area contributed by atoms with Gasteiger partial charge in [0, 0.05) is 19.4 Å². The number of nitrogens with two attached hydrogens (primary N) is 6. The van der Waals surface area contributed by atoms with Gasteiger partial charge in [-0.2, -0.15) is 0 Å². The Morgan fingerprint density at radius 2 is 1.11 bits per heavy atom. The molecule has 0 bridgehead atoms. The first-order valence-corrected chi connectivity index (χ1v) is 32.4. The Morgan fingerprint density at radius 1 is 0.578 bits per heavy atom. The number of carboxylic acids is 1. The smallest absolute Gasteiger partial charge is 0.305 e. The molecular formula is C60H98N16O26. The number of guanidine groups is 1. The monoisotopic (exact) mass is 1460 g/mol. The van der Waals surface area contributed by atoms with E-state index in [-0.39, 0.29) is 50.4 Å². The standard InChI is InChI=1S/C60H98N16O26/c1-6-24(3)41(75-39(82)20-68-51(92)32(17-27-10-12-28(79)13-11-27)71-50(91)29(61)18-40(83)84)56(97)74-35(23-99-58-47(89)45(87)48(36(22-78)101-58)102-59-46(88)44(86)43(85)26(5)100-59)55(96)70-31(14-15-37(62)80)52(93)76-42(25(4)7-2)57(98)72-33(19-38(63)81)53(94)73-34(21-77)54(95)69-30(49(64)90)9-8-16-67-60(65)66/h10-13,24-26,29-36,41-48,58-59,77-79,85-89H,6-9,14-23,61H2,1-5H3,(H2,62,80)(H2,63,81)(H2,64,90)(H,68,92)(H,69,95)(H,70,96)(H,71,91)(H,72,98)(H,73,94)(H,74,97)(H,75,82)(H,76,93)(H,83,84)(H4,65,66,67)/t24-,25-,26+,29-,30-,31-,32-,33-,34-,35-,36+,41-,42-,43-,44-,45+,46+,47+,48-,58+,59+/m0/s1. The number of hydrogen-bond donors (Lipinski definition) is 24. The number of aliphatic carboxylic acids is 1. The van der Waals surface area contributed by atoms with Crippen molar-refractivity contribution >= 4 is 82.8 Å². The second-order valence-electron chi connectivity index (χ2n) is 24.5. The van der Waals surface area contributed by atoms with Crippen molar-refractivity contribution in [1.29, 1.82) is 0 Å². The lowest BCUT2D eigenvalue weighted by Crippen LogP contribution is -2.64. The Labute approximate surface area is 584 Å². The van der Waals surface area contributed by atoms with E-state index in [9.17, 15) is 108 Å². The number of nitrogens with zero attached hydrogens (tertiary/aromatic N) is 1. The highest BCUT2D eigenvalue weighted by Gasteiger charge is 2.51. The van der Waals surface area contributed by atoms with Crippen LogP contribution in [0.15, 0.2) is 29.3 Å². The van der Waals surface area contributed by atoms with Crippen LogP contribution < -0.4 is 82.3 Å². The quantitative estimate of drug-likeness (QED) is 0.0164. The zero-order valence-electron chi connectivity index (χ0n) is 56.7. The number of hydrogen-bond acceptors (Lipinski definition) is 27. The maximum atomic E-state index is 14.8. The van der Waals surface area contributed by atoms with Crippen molar-refractivity contribution in [1.82, 2.24) is 47.9 Å². The maximum absolute atomic E-state index is 14.8. The molecule has 0 aliphatic carbocycles. The molecule has 30 N–H and O–H groups in total. The lowest BCUT2D eigenvalue weighted by molar-refractivity contribution is -0.356. The summed E-state index contributed by atoms with van der Waals surface area (Å²) >= 11 is 0. The number of carbonyl (C=O) groups excluding carboxylic acids is 12. The fraction of sp³-hybridized carbons (Fsp3) is 0.667. The summed E-state index contributed by atoms with van der Waals surface area (Å²) in [6.45, 7) is 3.27. The second kappa shape index (κ2) is 42.4. The Morgan fingerprint density at radius 3 is 1.66 bits per heavy atom. The van der Waals surface area contributed by atoms with E-state index < -0.39 is 257 Å². The van der Waals surface area contributed by atoms with E-state index in [1.54, 1.807) is 13.8 Å². The van der Waals surface area contributed by atoms with Crippen molar-refractivity contribution < 1.29 is 127 Å². The average molecular weight is 1460 g/mol. The fourth-order valence-electron chi connectivity index (χ4n) is 10.1. The molecule has 42 nitrogen and oxygen atoms in total. The van der Waals surface area contributed by atoms with Crippen LogP contribution in [0.5, 0.6) is 5.75 Å². The number of primary amides is 3. The average Bonchev–Trinajstić information content (AvgIpc) is 0.788. The molecule has 1 aromatic rings. The number of aromatic hydroxyl groups is 1. The fourth-order valence-corrected chi connectivity index (χ4v) is 10.1. The Kier molecular flexibility index (Phi) is 36.2. The molecule has 42 heteroatoms. The van der Waals surface area contributed by atoms with E-state index in [2.05, 4.69) is 52.8 Å². The normalized spacial score (nSPS) is 23.5. The topological polar surface area (TPSA) is 718 Å². The van der Waals surface area contributed by atoms with Crippen LogP contribution in [0.4, 0.5) is 0 Å². The number of aliphatic hydroxyl groups excluding tert-OH is 7. The summed E-state index contributed by atoms with van der Waals surface area (Å²) in [7, 11) is 0. The third kappa shape index (κ3) is 27.7. The molecule has 102 heavy (non-hydrogen) atoms. The Bertz CT molecular complexity index is 3060. The van der Waals surface area contributed by atoms with Crippen LogP contribution >= 0.6 is 0 Å². The van der Waals surface area contributed by atoms with Crippen molar-refractivity contribution in [2.24, 2.45) is 51.2 Å². The van der Waals surface area contributed by atoms with Gasteiger partial charge in [0.05, 0.1) is 51.4 Å². The van der Waals surface area contributed by atoms with Gasteiger partial charge in [-0.25, -0.2) is 0 Å². The van der Waals surface area contributed by atoms with Gasteiger partial charge in [-0.1, -0.05) is 52.7 Å². The zero-order chi connectivity index (χ0) is 77.0. The summed E-state index contributed by atoms with van der Waals surface area (Å²) in [4.78, 5) is 178. The third-order valence-electron chi connectivity index (χ3n) is 16.5. The second-order valence-corrected chi connectivity index (χ2v) is 24.5. The van der Waals surface area contributed by atoms with Crippen molar-refractivity contribution in [3.63, 3.8) is 0 Å². The number of carboxylic acid groups (broad SMARTS) is 1. The summed E-state index contributed by atoms with van der Waals surface area (Å²) in [5.74, 6) is -17.4. The van der Waals surface area contributed by atoms with Crippen LogP contribution in [-0.4, -0.2) is 277 Å². The Hall–Kier alpha value is -9.08. The summed E-state index contributed by atoms with van der Waals surface area (Å²) in [5.41, 5.74) is 33.1. The van der Waals surface area contributed by atoms with Gasteiger partial charge >= 0.3 is 5.97 Å². The number of nitrogens with one attached hydrogen (secondary N) is 9. The number of aliphatic hydroxyl groups is 7. The predicted octanol–water partition coefficient (Wildman–Crippen LogP) is -11.8. The van der Waals surface area contributed by atoms with E-state index in [1.807, 2.05) is 0 Å². The van der Waals surface area contributed by atoms with Crippen LogP contribution in [0.3, 0.4) is 0 Å². The zero-order valence-corrected chi connectivity index (χ0v) is 56.7. The molecule has 2 saturated heterocycles. The number of phenols is 1. The molecule has 21 atom stereocenters. The molecule has 12 amide bonds. The highest BCUT2D eigenvalue weighted by Crippen LogP contribution is 2.30. The van der Waals surface area contributed by atoms with Gasteiger partial charge in [-0.15, -0.1) is 0 Å². The first-order chi connectivity index (χ1) is 47.9. The first-order valence-electron chi connectivity index (χ1n) is 32.4. The number of rotatable bonds is 43. The van der Waals surface area contributed by atoms with E-state index >= 15 is 0 Å². The summed E-state index contributed by atoms with van der Waals surface area (Å²) in [5, 5.41) is 115. The maximum Gasteiger partial charge on any atom is 0.305 e. The minimum Gasteiger partial charge on any atom is -0.508 e. The molecule has 1 aromatic carbocycles. The van der Waals surface area contributed by atoms with Crippen molar-refractivity contribution in [2.75, 3.05) is 32.9 Å². The van der Waals surface area contributed by atoms with Gasteiger partial charge in [0.15, 0.2) is 18.5 Å². The minimum atomic E-state index is -2.20. The van der Waals surface area contributed by atoms with E-state index in [1.165, 1.54) is 45.0 Å². The first kappa shape index (κ1) is 87.1. The molecule has 3 rings (SSSR count). The van der Waals surface area contributed by atoms with E-state index in [4.69, 9.17) is 53.3 Å². The molecule has 0 saturated carbocycles. The van der Waals surface area contributed by atoms with Gasteiger partial charge in [0.1, 0.15) is 96.8 Å². The van der Waals surface area contributed by atoms with Crippen LogP contribution in [-0.2, 0) is 87.7 Å². The van der Waals surface area contributed by atoms with E-state index in [0.717, 1.165) is 0 Å². The van der Waals surface area contributed by atoms with Gasteiger partial charge < -0.3 is 147 Å². The van der Waals surface area contributed by atoms with Crippen LogP contribution in [0, 0.1) is 11.8 Å². The van der Waals surface area contributed by atoms with Crippen LogP contribution in [0.1, 0.15) is 91.5 Å². The molecule has 2 aliphatic heterocycles. The van der Waals surface area contributed by atoms with Crippen LogP contribution in [0.25, 0.3) is 0 Å². The molecule has 0 aromatic heterocycles. The number of benzene rings is 1. The number of amides is 12. The van der Waals surface area contributed by atoms with Gasteiger partial charge in [0.25, 0.3) is 0 Å². The molecule has 2 aliphatic rings. The van der Waals surface area contributed by atoms with Gasteiger partial charge in [-0.3, -0.25) is 67.3 Å². The minimum absolute atomic E-state index is 0.0291. The van der Waals surface area contributed by atoms with Crippen LogP contribution in [0.2, 0.25) is 0 Å². The molecular weight excluding hydrogens is 1360 g/mol. The van der Waals surface area contributed by atoms with Crippen molar-refractivity contribution in [3.8, 4) is 5.75 Å². The van der Waals surface area contributed by atoms with Gasteiger partial charge in [0.2, 0.25) is 70.9 Å². The summed E-state index contributed by atoms with van der Waals surface area (Å²) in [6.07, 6.45) is -21.3. The molecule has 2 heterocycles. The number of phenolic OH excluding ortho intramolecular Hbond substituents is 1. The lowest BCUT2D eigenvalue weighted by atomic mass is 9.96. The number of ether oxygens (including phenoxy) is 4. The molecule has 0 unspecified atom stereocenters. The lowest BCUT2D eigenvalue weighted by Gasteiger charge is -2.45.